The highest BCUT2D eigenvalue weighted by Gasteiger charge is 2.26. The highest BCUT2D eigenvalue weighted by atomic mass is 16.6. The SMILES string of the molecule is CC(C)C[C@H](NC(=O)CN)C(=O)OC(C)(C)C. The van der Waals surface area contributed by atoms with Crippen molar-refractivity contribution in [2.24, 2.45) is 11.7 Å². The average Bonchev–Trinajstić information content (AvgIpc) is 2.13. The first-order chi connectivity index (χ1) is 7.65. The van der Waals surface area contributed by atoms with Crippen LogP contribution in [0.3, 0.4) is 0 Å². The number of rotatable bonds is 5. The third-order valence-corrected chi connectivity index (χ3v) is 1.92. The maximum atomic E-state index is 11.9. The molecule has 0 fully saturated rings. The van der Waals surface area contributed by atoms with Gasteiger partial charge in [-0.2, -0.15) is 0 Å². The van der Waals surface area contributed by atoms with Crippen molar-refractivity contribution in [3.05, 3.63) is 0 Å². The second-order valence-corrected chi connectivity index (χ2v) is 5.49. The lowest BCUT2D eigenvalue weighted by Gasteiger charge is -2.25. The van der Waals surface area contributed by atoms with E-state index in [1.54, 1.807) is 20.8 Å². The molecule has 0 heterocycles. The Labute approximate surface area is 103 Å². The summed E-state index contributed by atoms with van der Waals surface area (Å²) in [7, 11) is 0. The zero-order valence-corrected chi connectivity index (χ0v) is 11.4. The van der Waals surface area contributed by atoms with Gasteiger partial charge in [0.15, 0.2) is 0 Å². The Kier molecular flexibility index (Phi) is 6.16. The summed E-state index contributed by atoms with van der Waals surface area (Å²) in [6.07, 6.45) is 0.542. The van der Waals surface area contributed by atoms with E-state index in [4.69, 9.17) is 10.5 Å². The molecule has 17 heavy (non-hydrogen) atoms. The van der Waals surface area contributed by atoms with Gasteiger partial charge in [-0.1, -0.05) is 13.8 Å². The van der Waals surface area contributed by atoms with Crippen LogP contribution in [0.2, 0.25) is 0 Å². The van der Waals surface area contributed by atoms with E-state index in [0.29, 0.717) is 6.42 Å². The van der Waals surface area contributed by atoms with Crippen molar-refractivity contribution in [2.45, 2.75) is 52.7 Å². The van der Waals surface area contributed by atoms with E-state index in [0.717, 1.165) is 0 Å². The highest BCUT2D eigenvalue weighted by Crippen LogP contribution is 2.12. The smallest absolute Gasteiger partial charge is 0.329 e. The number of esters is 1. The van der Waals surface area contributed by atoms with E-state index in [9.17, 15) is 9.59 Å². The maximum absolute atomic E-state index is 11.9. The zero-order valence-electron chi connectivity index (χ0n) is 11.4. The van der Waals surface area contributed by atoms with Crippen molar-refractivity contribution in [3.8, 4) is 0 Å². The topological polar surface area (TPSA) is 81.4 Å². The Hall–Kier alpha value is -1.10. The van der Waals surface area contributed by atoms with Crippen molar-refractivity contribution < 1.29 is 14.3 Å². The first-order valence-electron chi connectivity index (χ1n) is 5.88. The lowest BCUT2D eigenvalue weighted by Crippen LogP contribution is -2.46. The van der Waals surface area contributed by atoms with Gasteiger partial charge in [0.25, 0.3) is 0 Å². The number of hydrogen-bond acceptors (Lipinski definition) is 4. The third-order valence-electron chi connectivity index (χ3n) is 1.92. The van der Waals surface area contributed by atoms with Crippen LogP contribution in [0.25, 0.3) is 0 Å². The molecule has 0 aromatic rings. The lowest BCUT2D eigenvalue weighted by molar-refractivity contribution is -0.159. The molecule has 5 heteroatoms. The molecule has 0 aliphatic heterocycles. The second-order valence-electron chi connectivity index (χ2n) is 5.49. The van der Waals surface area contributed by atoms with Crippen molar-refractivity contribution >= 4 is 11.9 Å². The van der Waals surface area contributed by atoms with Crippen molar-refractivity contribution in [3.63, 3.8) is 0 Å². The van der Waals surface area contributed by atoms with E-state index in [2.05, 4.69) is 5.32 Å². The fraction of sp³-hybridized carbons (Fsp3) is 0.833. The molecule has 1 amide bonds. The van der Waals surface area contributed by atoms with E-state index < -0.39 is 17.6 Å². The summed E-state index contributed by atoms with van der Waals surface area (Å²) >= 11 is 0. The van der Waals surface area contributed by atoms with Gasteiger partial charge in [0, 0.05) is 0 Å². The molecule has 0 aromatic heterocycles. The maximum Gasteiger partial charge on any atom is 0.329 e. The molecule has 5 nitrogen and oxygen atoms in total. The molecule has 0 radical (unpaired) electrons. The molecule has 0 saturated heterocycles. The third kappa shape index (κ3) is 7.74. The highest BCUT2D eigenvalue weighted by molar-refractivity contribution is 5.85. The minimum Gasteiger partial charge on any atom is -0.458 e. The Bertz CT molecular complexity index is 269. The molecule has 3 N–H and O–H groups in total. The van der Waals surface area contributed by atoms with Gasteiger partial charge in [-0.15, -0.1) is 0 Å². The Morgan fingerprint density at radius 2 is 1.82 bits per heavy atom. The van der Waals surface area contributed by atoms with E-state index in [-0.39, 0.29) is 18.4 Å². The molecular weight excluding hydrogens is 220 g/mol. The van der Waals surface area contributed by atoms with Crippen LogP contribution >= 0.6 is 0 Å². The molecule has 0 bridgehead atoms. The quantitative estimate of drug-likeness (QED) is 0.701. The van der Waals surface area contributed by atoms with Crippen molar-refractivity contribution in [2.75, 3.05) is 6.54 Å². The van der Waals surface area contributed by atoms with Crippen LogP contribution in [-0.2, 0) is 14.3 Å². The van der Waals surface area contributed by atoms with Crippen LogP contribution in [-0.4, -0.2) is 30.1 Å². The summed E-state index contributed by atoms with van der Waals surface area (Å²) in [5, 5.41) is 2.58. The van der Waals surface area contributed by atoms with Crippen LogP contribution < -0.4 is 11.1 Å². The summed E-state index contributed by atoms with van der Waals surface area (Å²) < 4.78 is 5.25. The van der Waals surface area contributed by atoms with Gasteiger partial charge in [0.05, 0.1) is 6.54 Å². The molecule has 1 atom stereocenters. The van der Waals surface area contributed by atoms with Crippen LogP contribution in [0.4, 0.5) is 0 Å². The van der Waals surface area contributed by atoms with E-state index in [1.807, 2.05) is 13.8 Å². The summed E-state index contributed by atoms with van der Waals surface area (Å²) in [6, 6.07) is -0.620. The minimum absolute atomic E-state index is 0.128. The van der Waals surface area contributed by atoms with E-state index in [1.165, 1.54) is 0 Å². The zero-order chi connectivity index (χ0) is 13.6. The molecule has 0 saturated carbocycles. The molecule has 0 aliphatic carbocycles. The minimum atomic E-state index is -0.620. The molecule has 0 aliphatic rings. The Morgan fingerprint density at radius 1 is 1.29 bits per heavy atom. The monoisotopic (exact) mass is 244 g/mol. The van der Waals surface area contributed by atoms with E-state index >= 15 is 0 Å². The van der Waals surface area contributed by atoms with Crippen LogP contribution in [0.1, 0.15) is 41.0 Å². The molecule has 0 aromatic carbocycles. The second kappa shape index (κ2) is 6.59. The Morgan fingerprint density at radius 3 is 2.18 bits per heavy atom. The molecule has 0 rings (SSSR count). The van der Waals surface area contributed by atoms with Gasteiger partial charge < -0.3 is 15.8 Å². The fourth-order valence-electron chi connectivity index (χ4n) is 1.31. The van der Waals surface area contributed by atoms with Gasteiger partial charge in [-0.25, -0.2) is 4.79 Å². The van der Waals surface area contributed by atoms with Gasteiger partial charge >= 0.3 is 5.97 Å². The van der Waals surface area contributed by atoms with Gasteiger partial charge in [-0.3, -0.25) is 4.79 Å². The number of carbonyl (C=O) groups excluding carboxylic acids is 2. The van der Waals surface area contributed by atoms with Crippen molar-refractivity contribution in [1.29, 1.82) is 0 Å². The number of ether oxygens (including phenoxy) is 1. The van der Waals surface area contributed by atoms with Crippen molar-refractivity contribution in [1.82, 2.24) is 5.32 Å². The average molecular weight is 244 g/mol. The lowest BCUT2D eigenvalue weighted by atomic mass is 10.0. The number of amides is 1. The summed E-state index contributed by atoms with van der Waals surface area (Å²) in [5.41, 5.74) is 4.66. The summed E-state index contributed by atoms with van der Waals surface area (Å²) in [6.45, 7) is 9.21. The predicted molar refractivity (Wildman–Crippen MR) is 66.3 cm³/mol. The molecule has 0 spiro atoms. The molecule has 0 unspecified atom stereocenters. The van der Waals surface area contributed by atoms with Crippen LogP contribution in [0.15, 0.2) is 0 Å². The molecular formula is C12H24N2O3. The van der Waals surface area contributed by atoms with Gasteiger partial charge in [-0.05, 0) is 33.1 Å². The largest absolute Gasteiger partial charge is 0.458 e. The fourth-order valence-corrected chi connectivity index (χ4v) is 1.31. The van der Waals surface area contributed by atoms with Crippen LogP contribution in [0.5, 0.6) is 0 Å². The normalized spacial score (nSPS) is 13.4. The first-order valence-corrected chi connectivity index (χ1v) is 5.88. The predicted octanol–water partition coefficient (Wildman–Crippen LogP) is 0.818. The van der Waals surface area contributed by atoms with Crippen LogP contribution in [0, 0.1) is 5.92 Å². The number of nitrogens with two attached hydrogens (primary N) is 1. The number of nitrogens with one attached hydrogen (secondary N) is 1. The van der Waals surface area contributed by atoms with Gasteiger partial charge in [0.2, 0.25) is 5.91 Å². The summed E-state index contributed by atoms with van der Waals surface area (Å²) in [5.74, 6) is -0.472. The number of hydrogen-bond donors (Lipinski definition) is 2. The van der Waals surface area contributed by atoms with Gasteiger partial charge in [0.1, 0.15) is 11.6 Å². The standard InChI is InChI=1S/C12H24N2O3/c1-8(2)6-9(14-10(15)7-13)11(16)17-12(3,4)5/h8-9H,6-7,13H2,1-5H3,(H,14,15)/t9-/m0/s1. The number of carbonyl (C=O) groups is 2. The summed E-state index contributed by atoms with van der Waals surface area (Å²) in [4.78, 5) is 23.1. The first kappa shape index (κ1) is 15.9. The molecule has 100 valence electrons. The Balaban J connectivity index is 4.56.